The van der Waals surface area contributed by atoms with Gasteiger partial charge in [-0.2, -0.15) is 5.10 Å². The number of ether oxygens (including phenoxy) is 2. The first-order valence-electron chi connectivity index (χ1n) is 11.3. The highest BCUT2D eigenvalue weighted by Gasteiger charge is 2.35. The number of anilines is 2. The van der Waals surface area contributed by atoms with E-state index in [1.807, 2.05) is 13.8 Å². The second-order valence-electron chi connectivity index (χ2n) is 8.76. The number of alkyl halides is 1. The van der Waals surface area contributed by atoms with Crippen molar-refractivity contribution in [1.82, 2.24) is 0 Å². The van der Waals surface area contributed by atoms with Gasteiger partial charge in [-0.3, -0.25) is 9.80 Å². The minimum atomic E-state index is -1.30. The van der Waals surface area contributed by atoms with E-state index < -0.39 is 24.1 Å². The van der Waals surface area contributed by atoms with Crippen LogP contribution in [0.4, 0.5) is 20.2 Å². The van der Waals surface area contributed by atoms with E-state index in [1.54, 1.807) is 40.2 Å². The first-order chi connectivity index (χ1) is 16.3. The third kappa shape index (κ3) is 4.93. The third-order valence-electron chi connectivity index (χ3n) is 6.56. The smallest absolute Gasteiger partial charge is 0.305 e. The number of carbonyl (C=O) groups is 1. The van der Waals surface area contributed by atoms with Crippen LogP contribution >= 0.6 is 0 Å². The predicted octanol–water partition coefficient (Wildman–Crippen LogP) is 4.51. The van der Waals surface area contributed by atoms with Gasteiger partial charge in [0.1, 0.15) is 23.4 Å². The first-order valence-corrected chi connectivity index (χ1v) is 11.3. The van der Waals surface area contributed by atoms with E-state index in [0.29, 0.717) is 30.2 Å². The van der Waals surface area contributed by atoms with E-state index in [4.69, 9.17) is 9.47 Å². The minimum absolute atomic E-state index is 0.0172. The average Bonchev–Trinajstić information content (AvgIpc) is 3.09. The fourth-order valence-corrected chi connectivity index (χ4v) is 4.47. The molecule has 1 saturated heterocycles. The van der Waals surface area contributed by atoms with Crippen LogP contribution in [0.5, 0.6) is 11.5 Å². The number of carboxylic acids is 1. The van der Waals surface area contributed by atoms with Crippen molar-refractivity contribution in [3.63, 3.8) is 0 Å². The number of halogens is 2. The van der Waals surface area contributed by atoms with Gasteiger partial charge in [0, 0.05) is 30.7 Å². The monoisotopic (exact) mass is 473 g/mol. The Labute approximate surface area is 197 Å². The molecule has 4 rings (SSSR count). The van der Waals surface area contributed by atoms with Gasteiger partial charge in [-0.15, -0.1) is 0 Å². The maximum Gasteiger partial charge on any atom is 0.305 e. The van der Waals surface area contributed by atoms with Crippen LogP contribution < -0.4 is 19.4 Å². The van der Waals surface area contributed by atoms with Crippen LogP contribution in [0.1, 0.15) is 26.7 Å². The second kappa shape index (κ2) is 9.87. The van der Waals surface area contributed by atoms with Gasteiger partial charge >= 0.3 is 5.97 Å². The van der Waals surface area contributed by atoms with Gasteiger partial charge in [0.2, 0.25) is 0 Å². The fraction of sp³-hybridized carbons (Fsp3) is 0.440. The summed E-state index contributed by atoms with van der Waals surface area (Å²) >= 11 is 0. The summed E-state index contributed by atoms with van der Waals surface area (Å²) in [6, 6.07) is 11.2. The maximum absolute atomic E-state index is 15.0. The van der Waals surface area contributed by atoms with Crippen LogP contribution in [-0.4, -0.2) is 55.3 Å². The molecule has 2 heterocycles. The molecule has 9 heteroatoms. The third-order valence-corrected chi connectivity index (χ3v) is 6.56. The van der Waals surface area contributed by atoms with Crippen molar-refractivity contribution in [1.29, 1.82) is 0 Å². The van der Waals surface area contributed by atoms with Gasteiger partial charge in [-0.25, -0.2) is 8.78 Å². The average molecular weight is 474 g/mol. The molecular formula is C25H29F2N3O4. The van der Waals surface area contributed by atoms with E-state index in [0.717, 1.165) is 11.4 Å². The molecule has 1 fully saturated rings. The van der Waals surface area contributed by atoms with Gasteiger partial charge in [0.05, 0.1) is 37.5 Å². The molecule has 34 heavy (non-hydrogen) atoms. The summed E-state index contributed by atoms with van der Waals surface area (Å²) in [5.41, 5.74) is 1.95. The molecule has 1 N–H and O–H groups in total. The van der Waals surface area contributed by atoms with Crippen molar-refractivity contribution in [2.75, 3.05) is 30.1 Å². The summed E-state index contributed by atoms with van der Waals surface area (Å²) in [6.07, 6.45) is -1.57. The van der Waals surface area contributed by atoms with Crippen molar-refractivity contribution >= 4 is 23.1 Å². The molecule has 0 aromatic heterocycles. The quantitative estimate of drug-likeness (QED) is 0.638. The van der Waals surface area contributed by atoms with Crippen molar-refractivity contribution in [2.45, 2.75) is 45.0 Å². The molecule has 2 aliphatic rings. The first kappa shape index (κ1) is 23.8. The zero-order chi connectivity index (χ0) is 24.4. The summed E-state index contributed by atoms with van der Waals surface area (Å²) in [7, 11) is 1.50. The topological polar surface area (TPSA) is 74.6 Å². The highest BCUT2D eigenvalue weighted by atomic mass is 19.1. The van der Waals surface area contributed by atoms with E-state index in [1.165, 1.54) is 19.2 Å². The number of hydrogen-bond donors (Lipinski definition) is 1. The van der Waals surface area contributed by atoms with Crippen LogP contribution in [0, 0.1) is 11.7 Å². The van der Waals surface area contributed by atoms with Crippen LogP contribution in [0.15, 0.2) is 47.6 Å². The summed E-state index contributed by atoms with van der Waals surface area (Å²) in [4.78, 5) is 13.0. The number of benzene rings is 2. The van der Waals surface area contributed by atoms with Crippen LogP contribution in [-0.2, 0) is 4.79 Å². The van der Waals surface area contributed by atoms with Crippen molar-refractivity contribution in [2.24, 2.45) is 11.0 Å². The number of nitrogens with zero attached hydrogens (tertiary/aromatic N) is 3. The molecule has 2 aromatic rings. The van der Waals surface area contributed by atoms with E-state index in [9.17, 15) is 18.7 Å². The van der Waals surface area contributed by atoms with E-state index in [-0.39, 0.29) is 24.9 Å². The van der Waals surface area contributed by atoms with Crippen molar-refractivity contribution in [3.8, 4) is 11.5 Å². The van der Waals surface area contributed by atoms with E-state index >= 15 is 0 Å². The molecule has 4 unspecified atom stereocenters. The van der Waals surface area contributed by atoms with Crippen LogP contribution in [0.25, 0.3) is 0 Å². The number of hydrazone groups is 1. The highest BCUT2D eigenvalue weighted by Crippen LogP contribution is 2.33. The molecule has 4 atom stereocenters. The molecular weight excluding hydrogens is 444 g/mol. The van der Waals surface area contributed by atoms with Gasteiger partial charge in [0.15, 0.2) is 6.17 Å². The molecule has 182 valence electrons. The van der Waals surface area contributed by atoms with Gasteiger partial charge < -0.3 is 19.5 Å². The number of piperidine rings is 1. The predicted molar refractivity (Wildman–Crippen MR) is 126 cm³/mol. The lowest BCUT2D eigenvalue weighted by molar-refractivity contribution is -0.137. The summed E-state index contributed by atoms with van der Waals surface area (Å²) < 4.78 is 40.3. The Hall–Kier alpha value is -3.36. The zero-order valence-electron chi connectivity index (χ0n) is 19.4. The maximum atomic E-state index is 15.0. The molecule has 2 aliphatic heterocycles. The van der Waals surface area contributed by atoms with Gasteiger partial charge in [0.25, 0.3) is 0 Å². The Bertz CT molecular complexity index is 1060. The Morgan fingerprint density at radius 2 is 1.91 bits per heavy atom. The highest BCUT2D eigenvalue weighted by molar-refractivity contribution is 5.89. The lowest BCUT2D eigenvalue weighted by Crippen LogP contribution is -2.47. The van der Waals surface area contributed by atoms with Crippen LogP contribution in [0.3, 0.4) is 0 Å². The molecule has 0 aliphatic carbocycles. The molecule has 7 nitrogen and oxygen atoms in total. The lowest BCUT2D eigenvalue weighted by Gasteiger charge is -2.36. The number of hydrogen-bond acceptors (Lipinski definition) is 6. The van der Waals surface area contributed by atoms with Gasteiger partial charge in [-0.05, 0) is 43.3 Å². The summed E-state index contributed by atoms with van der Waals surface area (Å²) in [6.45, 7) is 4.32. The largest absolute Gasteiger partial charge is 0.497 e. The molecule has 0 radical (unpaired) electrons. The second-order valence-corrected chi connectivity index (χ2v) is 8.76. The number of aliphatic carboxylic acids is 1. The number of methoxy groups -OCH3 is 1. The Morgan fingerprint density at radius 3 is 2.56 bits per heavy atom. The van der Waals surface area contributed by atoms with Crippen LogP contribution in [0.2, 0.25) is 0 Å². The standard InChI is InChI=1S/C25H29F2N3O4/c1-15-16(2)28-30(22(15)13-25(31)32)17-4-6-18(7-5-17)34-24-10-11-29(14-21(24)27)23-12-19(33-3)8-9-20(23)26/h4-9,12,15,21-22,24H,10-11,13-14H2,1-3H3,(H,31,32). The van der Waals surface area contributed by atoms with Gasteiger partial charge in [-0.1, -0.05) is 6.92 Å². The molecule has 0 amide bonds. The van der Waals surface area contributed by atoms with Crippen molar-refractivity contribution < 1.29 is 28.2 Å². The molecule has 0 saturated carbocycles. The molecule has 2 aromatic carbocycles. The SMILES string of the molecule is COc1ccc(F)c(N2CCC(Oc3ccc(N4N=C(C)C(C)C4CC(=O)O)cc3)C(F)C2)c1. The minimum Gasteiger partial charge on any atom is -0.497 e. The van der Waals surface area contributed by atoms with Crippen molar-refractivity contribution in [3.05, 3.63) is 48.3 Å². The Kier molecular flexibility index (Phi) is 6.90. The Morgan fingerprint density at radius 1 is 1.21 bits per heavy atom. The summed E-state index contributed by atoms with van der Waals surface area (Å²) in [5.74, 6) is -0.235. The lowest BCUT2D eigenvalue weighted by atomic mass is 9.96. The molecule has 0 bridgehead atoms. The Balaban J connectivity index is 1.40. The fourth-order valence-electron chi connectivity index (χ4n) is 4.47. The molecule has 0 spiro atoms. The number of carboxylic acid groups (broad SMARTS) is 1. The number of rotatable bonds is 7. The zero-order valence-corrected chi connectivity index (χ0v) is 19.4. The van der Waals surface area contributed by atoms with E-state index in [2.05, 4.69) is 5.10 Å². The normalized spacial score (nSPS) is 24.7. The summed E-state index contributed by atoms with van der Waals surface area (Å²) in [5, 5.41) is 15.5.